The molecule has 0 aromatic heterocycles. The molecule has 0 unspecified atom stereocenters. The molecule has 2 N–H and O–H groups in total. The number of nitrogens with two attached hydrogens (primary N) is 1. The molecule has 0 aliphatic heterocycles. The lowest BCUT2D eigenvalue weighted by Crippen LogP contribution is -2.32. The molecule has 0 spiro atoms. The van der Waals surface area contributed by atoms with Gasteiger partial charge in [-0.05, 0) is 13.8 Å². The molecule has 0 heterocycles. The Balaban J connectivity index is 0. The summed E-state index contributed by atoms with van der Waals surface area (Å²) in [6.07, 6.45) is 0.425. The summed E-state index contributed by atoms with van der Waals surface area (Å²) in [6, 6.07) is -0.292. The van der Waals surface area contributed by atoms with E-state index < -0.39 is 0 Å². The van der Waals surface area contributed by atoms with Crippen LogP contribution >= 0.6 is 12.4 Å². The molecule has 0 amide bonds. The van der Waals surface area contributed by atoms with Gasteiger partial charge in [0, 0.05) is 0 Å². The van der Waals surface area contributed by atoms with Crippen LogP contribution in [0, 0.1) is 0 Å². The van der Waals surface area contributed by atoms with Gasteiger partial charge in [0.1, 0.15) is 0 Å². The Kier molecular flexibility index (Phi) is 16.5. The summed E-state index contributed by atoms with van der Waals surface area (Å²) < 4.78 is 20.0. The van der Waals surface area contributed by atoms with Crippen molar-refractivity contribution in [1.29, 1.82) is 0 Å². The van der Waals surface area contributed by atoms with E-state index >= 15 is 0 Å². The third kappa shape index (κ3) is 15.3. The van der Waals surface area contributed by atoms with Crippen LogP contribution in [0.4, 0.5) is 0 Å². The highest BCUT2D eigenvalue weighted by atomic mass is 35.5. The van der Waals surface area contributed by atoms with E-state index in [1.165, 1.54) is 0 Å². The van der Waals surface area contributed by atoms with Gasteiger partial charge in [0.05, 0.1) is 58.5 Å². The number of halogens is 1. The normalized spacial score (nSPS) is 10.1. The summed E-state index contributed by atoms with van der Waals surface area (Å²) in [5, 5.41) is 0. The van der Waals surface area contributed by atoms with Crippen molar-refractivity contribution in [2.24, 2.45) is 5.73 Å². The van der Waals surface area contributed by atoms with E-state index in [9.17, 15) is 9.59 Å². The maximum absolute atomic E-state index is 11.0. The number of rotatable bonds is 12. The van der Waals surface area contributed by atoms with E-state index in [0.717, 1.165) is 0 Å². The van der Waals surface area contributed by atoms with Crippen molar-refractivity contribution in [2.75, 3.05) is 39.6 Å². The second-order valence-electron chi connectivity index (χ2n) is 4.02. The van der Waals surface area contributed by atoms with Crippen LogP contribution in [0.1, 0.15) is 26.7 Å². The van der Waals surface area contributed by atoms with Crippen LogP contribution in [0.5, 0.6) is 0 Å². The first-order valence-electron chi connectivity index (χ1n) is 6.82. The van der Waals surface area contributed by atoms with E-state index in [1.54, 1.807) is 13.8 Å². The highest BCUT2D eigenvalue weighted by Crippen LogP contribution is 1.92. The minimum absolute atomic E-state index is 0. The summed E-state index contributed by atoms with van der Waals surface area (Å²) in [7, 11) is 0. The standard InChI is InChI=1S/C13H25NO6.ClH/c1-3-19-12(15)5-7-17-9-11(14)10-18-8-6-13(16)20-4-2;/h11H,3-10,14H2,1-2H3;1H. The SMILES string of the molecule is CCOC(=O)CCOCC(N)COCCC(=O)OCC.Cl. The van der Waals surface area contributed by atoms with Crippen LogP contribution in [0.2, 0.25) is 0 Å². The van der Waals surface area contributed by atoms with Gasteiger partial charge in [-0.1, -0.05) is 0 Å². The Morgan fingerprint density at radius 1 is 0.905 bits per heavy atom. The number of hydrogen-bond donors (Lipinski definition) is 1. The lowest BCUT2D eigenvalue weighted by atomic mass is 10.3. The maximum Gasteiger partial charge on any atom is 0.308 e. The lowest BCUT2D eigenvalue weighted by Gasteiger charge is -2.12. The van der Waals surface area contributed by atoms with Crippen molar-refractivity contribution in [2.45, 2.75) is 32.7 Å². The van der Waals surface area contributed by atoms with E-state index in [4.69, 9.17) is 24.7 Å². The molecule has 0 rings (SSSR count). The minimum Gasteiger partial charge on any atom is -0.466 e. The molecule has 0 aromatic rings. The van der Waals surface area contributed by atoms with Gasteiger partial charge in [0.2, 0.25) is 0 Å². The second-order valence-corrected chi connectivity index (χ2v) is 4.02. The van der Waals surface area contributed by atoms with Crippen LogP contribution in [0.3, 0.4) is 0 Å². The lowest BCUT2D eigenvalue weighted by molar-refractivity contribution is -0.145. The molecule has 0 saturated heterocycles. The summed E-state index contributed by atoms with van der Waals surface area (Å²) in [5.74, 6) is -0.571. The fourth-order valence-electron chi connectivity index (χ4n) is 1.29. The first-order valence-corrected chi connectivity index (χ1v) is 6.82. The largest absolute Gasteiger partial charge is 0.466 e. The van der Waals surface area contributed by atoms with Crippen molar-refractivity contribution in [3.63, 3.8) is 0 Å². The maximum atomic E-state index is 11.0. The first-order chi connectivity index (χ1) is 9.60. The molecular weight excluding hydrogens is 302 g/mol. The minimum atomic E-state index is -0.292. The van der Waals surface area contributed by atoms with Gasteiger partial charge in [0.15, 0.2) is 0 Å². The number of carbonyl (C=O) groups excluding carboxylic acids is 2. The Morgan fingerprint density at radius 3 is 1.62 bits per heavy atom. The topological polar surface area (TPSA) is 97.1 Å². The monoisotopic (exact) mass is 327 g/mol. The Bertz CT molecular complexity index is 251. The van der Waals surface area contributed by atoms with Crippen molar-refractivity contribution in [3.8, 4) is 0 Å². The molecule has 0 aliphatic carbocycles. The highest BCUT2D eigenvalue weighted by Gasteiger charge is 2.06. The molecule has 0 aliphatic rings. The van der Waals surface area contributed by atoms with E-state index in [-0.39, 0.29) is 56.4 Å². The van der Waals surface area contributed by atoms with E-state index in [0.29, 0.717) is 26.4 Å². The van der Waals surface area contributed by atoms with Gasteiger partial charge >= 0.3 is 11.9 Å². The van der Waals surface area contributed by atoms with Gasteiger partial charge in [-0.15, -0.1) is 12.4 Å². The van der Waals surface area contributed by atoms with Crippen LogP contribution in [0.15, 0.2) is 0 Å². The van der Waals surface area contributed by atoms with Crippen molar-refractivity contribution < 1.29 is 28.5 Å². The predicted molar refractivity (Wildman–Crippen MR) is 79.4 cm³/mol. The van der Waals surface area contributed by atoms with E-state index in [1.807, 2.05) is 0 Å². The zero-order valence-electron chi connectivity index (χ0n) is 12.7. The van der Waals surface area contributed by atoms with Gasteiger partial charge in [0.25, 0.3) is 0 Å². The van der Waals surface area contributed by atoms with E-state index in [2.05, 4.69) is 0 Å². The van der Waals surface area contributed by atoms with Crippen molar-refractivity contribution in [1.82, 2.24) is 0 Å². The van der Waals surface area contributed by atoms with Gasteiger partial charge in [-0.2, -0.15) is 0 Å². The second kappa shape index (κ2) is 15.5. The smallest absolute Gasteiger partial charge is 0.308 e. The van der Waals surface area contributed by atoms with Gasteiger partial charge < -0.3 is 24.7 Å². The van der Waals surface area contributed by atoms with Crippen molar-refractivity contribution in [3.05, 3.63) is 0 Å². The summed E-state index contributed by atoms with van der Waals surface area (Å²) in [6.45, 7) is 5.37. The molecule has 21 heavy (non-hydrogen) atoms. The number of carbonyl (C=O) groups is 2. The highest BCUT2D eigenvalue weighted by molar-refractivity contribution is 5.85. The Labute approximate surface area is 131 Å². The molecular formula is C13H26ClNO6. The number of ether oxygens (including phenoxy) is 4. The third-order valence-corrected chi connectivity index (χ3v) is 2.18. The average molecular weight is 328 g/mol. The molecule has 0 atom stereocenters. The third-order valence-electron chi connectivity index (χ3n) is 2.18. The molecule has 7 nitrogen and oxygen atoms in total. The summed E-state index contributed by atoms with van der Waals surface area (Å²) in [4.78, 5) is 22.0. The first kappa shape index (κ1) is 22.4. The molecule has 0 bridgehead atoms. The van der Waals surface area contributed by atoms with Crippen LogP contribution in [-0.2, 0) is 28.5 Å². The quantitative estimate of drug-likeness (QED) is 0.415. The zero-order valence-corrected chi connectivity index (χ0v) is 13.5. The molecule has 0 radical (unpaired) electrons. The molecule has 0 aromatic carbocycles. The molecule has 0 fully saturated rings. The molecule has 126 valence electrons. The fourth-order valence-corrected chi connectivity index (χ4v) is 1.29. The summed E-state index contributed by atoms with van der Waals surface area (Å²) >= 11 is 0. The zero-order chi connectivity index (χ0) is 15.2. The van der Waals surface area contributed by atoms with Crippen molar-refractivity contribution >= 4 is 24.3 Å². The number of esters is 2. The van der Waals surface area contributed by atoms with Gasteiger partial charge in [-0.3, -0.25) is 9.59 Å². The predicted octanol–water partition coefficient (Wildman–Crippen LogP) is 0.675. The van der Waals surface area contributed by atoms with Gasteiger partial charge in [-0.25, -0.2) is 0 Å². The number of hydrogen-bond acceptors (Lipinski definition) is 7. The Hall–Kier alpha value is -0.890. The fraction of sp³-hybridized carbons (Fsp3) is 0.846. The van der Waals surface area contributed by atoms with Crippen LogP contribution in [-0.4, -0.2) is 57.6 Å². The average Bonchev–Trinajstić information content (AvgIpc) is 2.40. The molecule has 8 heteroatoms. The Morgan fingerprint density at radius 2 is 1.29 bits per heavy atom. The summed E-state index contributed by atoms with van der Waals surface area (Å²) in [5.41, 5.74) is 5.74. The van der Waals surface area contributed by atoms with Crippen LogP contribution in [0.25, 0.3) is 0 Å². The molecule has 0 saturated carbocycles. The van der Waals surface area contributed by atoms with Crippen LogP contribution < -0.4 is 5.73 Å².